The lowest BCUT2D eigenvalue weighted by molar-refractivity contribution is 0.102. The quantitative estimate of drug-likeness (QED) is 0.598. The van der Waals surface area contributed by atoms with Gasteiger partial charge in [-0.3, -0.25) is 4.79 Å². The number of methoxy groups -OCH3 is 2. The van der Waals surface area contributed by atoms with Crippen molar-refractivity contribution in [2.24, 2.45) is 0 Å². The Morgan fingerprint density at radius 1 is 0.966 bits per heavy atom. The SMILES string of the molecule is CCOc1ccc(Nc2ncc(C(=O)Nc3ccc(OC)cc3OC)cn2)cc1. The van der Waals surface area contributed by atoms with Gasteiger partial charge in [-0.1, -0.05) is 0 Å². The van der Waals surface area contributed by atoms with Crippen molar-refractivity contribution in [3.63, 3.8) is 0 Å². The summed E-state index contributed by atoms with van der Waals surface area (Å²) in [7, 11) is 3.09. The molecule has 0 spiro atoms. The van der Waals surface area contributed by atoms with E-state index in [1.54, 1.807) is 25.3 Å². The Kier molecular flexibility index (Phi) is 6.47. The van der Waals surface area contributed by atoms with Gasteiger partial charge in [0.1, 0.15) is 17.2 Å². The highest BCUT2D eigenvalue weighted by Gasteiger charge is 2.12. The molecular weight excluding hydrogens is 372 g/mol. The number of amides is 1. The van der Waals surface area contributed by atoms with Gasteiger partial charge >= 0.3 is 0 Å². The normalized spacial score (nSPS) is 10.2. The van der Waals surface area contributed by atoms with E-state index >= 15 is 0 Å². The van der Waals surface area contributed by atoms with Gasteiger partial charge in [-0.2, -0.15) is 0 Å². The molecule has 8 nitrogen and oxygen atoms in total. The molecule has 1 amide bonds. The molecule has 0 radical (unpaired) electrons. The van der Waals surface area contributed by atoms with E-state index in [1.807, 2.05) is 31.2 Å². The van der Waals surface area contributed by atoms with Crippen LogP contribution in [0.4, 0.5) is 17.3 Å². The zero-order valence-corrected chi connectivity index (χ0v) is 16.4. The van der Waals surface area contributed by atoms with E-state index in [2.05, 4.69) is 20.6 Å². The highest BCUT2D eigenvalue weighted by molar-refractivity contribution is 6.04. The van der Waals surface area contributed by atoms with Crippen molar-refractivity contribution in [3.05, 3.63) is 60.4 Å². The summed E-state index contributed by atoms with van der Waals surface area (Å²) in [4.78, 5) is 20.9. The number of anilines is 3. The second-order valence-corrected chi connectivity index (χ2v) is 5.90. The van der Waals surface area contributed by atoms with E-state index < -0.39 is 0 Å². The Morgan fingerprint density at radius 2 is 1.66 bits per heavy atom. The largest absolute Gasteiger partial charge is 0.497 e. The first-order chi connectivity index (χ1) is 14.1. The van der Waals surface area contributed by atoms with Crippen molar-refractivity contribution in [1.82, 2.24) is 9.97 Å². The maximum Gasteiger partial charge on any atom is 0.258 e. The number of rotatable bonds is 8. The fourth-order valence-electron chi connectivity index (χ4n) is 2.54. The molecule has 0 atom stereocenters. The Morgan fingerprint density at radius 3 is 2.28 bits per heavy atom. The fraction of sp³-hybridized carbons (Fsp3) is 0.190. The maximum absolute atomic E-state index is 12.5. The Labute approximate surface area is 168 Å². The highest BCUT2D eigenvalue weighted by atomic mass is 16.5. The Bertz CT molecular complexity index is 959. The van der Waals surface area contributed by atoms with Gasteiger partial charge < -0.3 is 24.8 Å². The van der Waals surface area contributed by atoms with Crippen molar-refractivity contribution in [2.45, 2.75) is 6.92 Å². The smallest absolute Gasteiger partial charge is 0.258 e. The lowest BCUT2D eigenvalue weighted by Crippen LogP contribution is -2.13. The second-order valence-electron chi connectivity index (χ2n) is 5.90. The summed E-state index contributed by atoms with van der Waals surface area (Å²) in [6, 6.07) is 12.6. The van der Waals surface area contributed by atoms with Crippen LogP contribution in [0.25, 0.3) is 0 Å². The number of hydrogen-bond acceptors (Lipinski definition) is 7. The minimum Gasteiger partial charge on any atom is -0.497 e. The van der Waals surface area contributed by atoms with Crippen LogP contribution in [-0.2, 0) is 0 Å². The second kappa shape index (κ2) is 9.41. The van der Waals surface area contributed by atoms with E-state index in [-0.39, 0.29) is 5.91 Å². The molecule has 3 aromatic rings. The molecule has 0 fully saturated rings. The molecule has 2 N–H and O–H groups in total. The third kappa shape index (κ3) is 5.13. The first-order valence-electron chi connectivity index (χ1n) is 8.98. The molecule has 0 saturated carbocycles. The van der Waals surface area contributed by atoms with E-state index in [0.717, 1.165) is 11.4 Å². The minimum absolute atomic E-state index is 0.320. The molecule has 0 unspecified atom stereocenters. The summed E-state index contributed by atoms with van der Waals surface area (Å²) in [5.41, 5.74) is 1.66. The molecule has 0 saturated heterocycles. The summed E-state index contributed by atoms with van der Waals surface area (Å²) < 4.78 is 15.9. The van der Waals surface area contributed by atoms with E-state index in [0.29, 0.717) is 35.3 Å². The molecule has 0 aliphatic rings. The summed E-state index contributed by atoms with van der Waals surface area (Å²) >= 11 is 0. The van der Waals surface area contributed by atoms with Crippen LogP contribution in [0.3, 0.4) is 0 Å². The average molecular weight is 394 g/mol. The number of carbonyl (C=O) groups is 1. The van der Waals surface area contributed by atoms with Gasteiger partial charge in [0, 0.05) is 24.1 Å². The number of nitrogens with zero attached hydrogens (tertiary/aromatic N) is 2. The maximum atomic E-state index is 12.5. The lowest BCUT2D eigenvalue weighted by Gasteiger charge is -2.11. The lowest BCUT2D eigenvalue weighted by atomic mass is 10.2. The van der Waals surface area contributed by atoms with Gasteiger partial charge in [0.15, 0.2) is 0 Å². The Balaban J connectivity index is 1.65. The van der Waals surface area contributed by atoms with Crippen LogP contribution in [0, 0.1) is 0 Å². The van der Waals surface area contributed by atoms with Gasteiger partial charge in [0.05, 0.1) is 32.1 Å². The zero-order valence-electron chi connectivity index (χ0n) is 16.4. The molecule has 1 heterocycles. The topological polar surface area (TPSA) is 94.6 Å². The average Bonchev–Trinajstić information content (AvgIpc) is 2.76. The number of ether oxygens (including phenoxy) is 3. The zero-order chi connectivity index (χ0) is 20.6. The molecule has 1 aromatic heterocycles. The summed E-state index contributed by atoms with van der Waals surface area (Å²) in [5, 5.41) is 5.86. The van der Waals surface area contributed by atoms with Crippen molar-refractivity contribution in [1.29, 1.82) is 0 Å². The molecule has 150 valence electrons. The summed E-state index contributed by atoms with van der Waals surface area (Å²) in [6.07, 6.45) is 2.91. The van der Waals surface area contributed by atoms with E-state index in [9.17, 15) is 4.79 Å². The van der Waals surface area contributed by atoms with Gasteiger partial charge in [-0.15, -0.1) is 0 Å². The predicted octanol–water partition coefficient (Wildman–Crippen LogP) is 3.89. The number of hydrogen-bond donors (Lipinski definition) is 2. The van der Waals surface area contributed by atoms with Crippen LogP contribution in [0.2, 0.25) is 0 Å². The van der Waals surface area contributed by atoms with E-state index in [4.69, 9.17) is 14.2 Å². The van der Waals surface area contributed by atoms with Crippen molar-refractivity contribution in [3.8, 4) is 17.2 Å². The number of aromatic nitrogens is 2. The number of carbonyl (C=O) groups excluding carboxylic acids is 1. The van der Waals surface area contributed by atoms with Crippen LogP contribution in [0.15, 0.2) is 54.9 Å². The van der Waals surface area contributed by atoms with Crippen LogP contribution >= 0.6 is 0 Å². The molecule has 2 aromatic carbocycles. The third-order valence-corrected chi connectivity index (χ3v) is 3.99. The van der Waals surface area contributed by atoms with Gasteiger partial charge in [-0.05, 0) is 43.3 Å². The summed E-state index contributed by atoms with van der Waals surface area (Å²) in [6.45, 7) is 2.55. The van der Waals surface area contributed by atoms with Gasteiger partial charge in [0.25, 0.3) is 5.91 Å². The molecular formula is C21H22N4O4. The van der Waals surface area contributed by atoms with Crippen LogP contribution in [-0.4, -0.2) is 36.7 Å². The van der Waals surface area contributed by atoms with Crippen LogP contribution < -0.4 is 24.8 Å². The van der Waals surface area contributed by atoms with Crippen molar-refractivity contribution < 1.29 is 19.0 Å². The van der Waals surface area contributed by atoms with Crippen molar-refractivity contribution >= 4 is 23.2 Å². The van der Waals surface area contributed by atoms with Gasteiger partial charge in [-0.25, -0.2) is 9.97 Å². The number of nitrogens with one attached hydrogen (secondary N) is 2. The molecule has 29 heavy (non-hydrogen) atoms. The highest BCUT2D eigenvalue weighted by Crippen LogP contribution is 2.29. The van der Waals surface area contributed by atoms with Crippen molar-refractivity contribution in [2.75, 3.05) is 31.5 Å². The van der Waals surface area contributed by atoms with Gasteiger partial charge in [0.2, 0.25) is 5.95 Å². The Hall–Kier alpha value is -3.81. The molecule has 0 aliphatic carbocycles. The predicted molar refractivity (Wildman–Crippen MR) is 110 cm³/mol. The molecule has 0 aliphatic heterocycles. The standard InChI is InChI=1S/C21H22N4O4/c1-4-29-16-7-5-15(6-8-16)24-21-22-12-14(13-23-21)20(26)25-18-10-9-17(27-2)11-19(18)28-3/h5-13H,4H2,1-3H3,(H,25,26)(H,22,23,24). The van der Waals surface area contributed by atoms with E-state index in [1.165, 1.54) is 19.5 Å². The first kappa shape index (κ1) is 19.9. The monoisotopic (exact) mass is 394 g/mol. The summed E-state index contributed by atoms with van der Waals surface area (Å²) in [5.74, 6) is 1.95. The fourth-order valence-corrected chi connectivity index (χ4v) is 2.54. The van der Waals surface area contributed by atoms with Crippen LogP contribution in [0.5, 0.6) is 17.2 Å². The number of benzene rings is 2. The minimum atomic E-state index is -0.346. The molecule has 8 heteroatoms. The van der Waals surface area contributed by atoms with Crippen LogP contribution in [0.1, 0.15) is 17.3 Å². The third-order valence-electron chi connectivity index (χ3n) is 3.99. The molecule has 0 bridgehead atoms. The molecule has 3 rings (SSSR count). The first-order valence-corrected chi connectivity index (χ1v) is 8.98.